The van der Waals surface area contributed by atoms with Crippen molar-refractivity contribution in [1.29, 1.82) is 0 Å². The third kappa shape index (κ3) is 4.70. The minimum Gasteiger partial charge on any atom is -0.508 e. The third-order valence-electron chi connectivity index (χ3n) is 3.57. The smallest absolute Gasteiger partial charge is 0.342 e. The zero-order valence-corrected chi connectivity index (χ0v) is 13.3. The number of fused-ring (bicyclic) bond motifs is 1. The van der Waals surface area contributed by atoms with Crippen molar-refractivity contribution >= 4 is 11.8 Å². The van der Waals surface area contributed by atoms with Crippen LogP contribution in [0.25, 0.3) is 0 Å². The number of cyclic esters (lactones) is 1. The first-order chi connectivity index (χ1) is 11.4. The standard InChI is InChI=1S/C18H20O6/c1-11-4-2-5-13(19)6-3-7-14(20)8-12-9-15(21)10-16(22)17(12)18(23)24-11/h2-3,5,7,9-11,13,19,21-22H,4,6,8H2,1H3/b5-2-,7-3-/t11-,13+/m1/s1. The maximum absolute atomic E-state index is 12.3. The molecule has 0 amide bonds. The highest BCUT2D eigenvalue weighted by Crippen LogP contribution is 2.29. The van der Waals surface area contributed by atoms with Crippen LogP contribution in [0.3, 0.4) is 0 Å². The maximum Gasteiger partial charge on any atom is 0.342 e. The molecule has 24 heavy (non-hydrogen) atoms. The Morgan fingerprint density at radius 2 is 1.88 bits per heavy atom. The Morgan fingerprint density at radius 1 is 1.12 bits per heavy atom. The second kappa shape index (κ2) is 7.79. The molecule has 1 aliphatic rings. The highest BCUT2D eigenvalue weighted by Gasteiger charge is 2.22. The van der Waals surface area contributed by atoms with Crippen LogP contribution in [0.15, 0.2) is 36.4 Å². The quantitative estimate of drug-likeness (QED) is 0.496. The van der Waals surface area contributed by atoms with E-state index in [1.807, 2.05) is 0 Å². The molecule has 0 aliphatic carbocycles. The van der Waals surface area contributed by atoms with E-state index in [1.54, 1.807) is 25.2 Å². The molecule has 0 saturated carbocycles. The lowest BCUT2D eigenvalue weighted by atomic mass is 10.00. The number of aliphatic hydroxyl groups is 1. The Labute approximate surface area is 139 Å². The average molecular weight is 332 g/mol. The lowest BCUT2D eigenvalue weighted by Gasteiger charge is -2.15. The van der Waals surface area contributed by atoms with Crippen molar-refractivity contribution in [3.8, 4) is 11.5 Å². The highest BCUT2D eigenvalue weighted by atomic mass is 16.5. The zero-order valence-electron chi connectivity index (χ0n) is 13.3. The number of aromatic hydroxyl groups is 2. The van der Waals surface area contributed by atoms with Crippen LogP contribution in [-0.2, 0) is 16.0 Å². The van der Waals surface area contributed by atoms with Crippen LogP contribution in [0.2, 0.25) is 0 Å². The molecule has 2 atom stereocenters. The van der Waals surface area contributed by atoms with Gasteiger partial charge in [0.05, 0.1) is 6.10 Å². The first-order valence-corrected chi connectivity index (χ1v) is 7.66. The highest BCUT2D eigenvalue weighted by molar-refractivity contribution is 5.98. The molecule has 1 aromatic rings. The van der Waals surface area contributed by atoms with Crippen molar-refractivity contribution in [2.75, 3.05) is 0 Å². The van der Waals surface area contributed by atoms with Crippen molar-refractivity contribution < 1.29 is 29.6 Å². The van der Waals surface area contributed by atoms with Crippen molar-refractivity contribution in [3.05, 3.63) is 47.6 Å². The summed E-state index contributed by atoms with van der Waals surface area (Å²) in [5.74, 6) is -1.77. The van der Waals surface area contributed by atoms with Crippen LogP contribution in [0.4, 0.5) is 0 Å². The number of ketones is 1. The zero-order chi connectivity index (χ0) is 17.7. The fraction of sp³-hybridized carbons (Fsp3) is 0.333. The van der Waals surface area contributed by atoms with E-state index in [0.717, 1.165) is 6.07 Å². The second-order valence-corrected chi connectivity index (χ2v) is 5.73. The number of benzene rings is 1. The van der Waals surface area contributed by atoms with Gasteiger partial charge in [0.25, 0.3) is 0 Å². The van der Waals surface area contributed by atoms with E-state index in [2.05, 4.69) is 0 Å². The molecule has 0 unspecified atom stereocenters. The van der Waals surface area contributed by atoms with Crippen LogP contribution in [0.5, 0.6) is 11.5 Å². The van der Waals surface area contributed by atoms with Crippen LogP contribution in [0, 0.1) is 0 Å². The second-order valence-electron chi connectivity index (χ2n) is 5.73. The van der Waals surface area contributed by atoms with Crippen molar-refractivity contribution in [2.45, 2.75) is 38.4 Å². The third-order valence-corrected chi connectivity index (χ3v) is 3.57. The Morgan fingerprint density at radius 3 is 2.62 bits per heavy atom. The normalized spacial score (nSPS) is 25.2. The summed E-state index contributed by atoms with van der Waals surface area (Å²) in [7, 11) is 0. The molecule has 1 aliphatic heterocycles. The molecule has 0 spiro atoms. The van der Waals surface area contributed by atoms with E-state index < -0.39 is 23.9 Å². The van der Waals surface area contributed by atoms with Crippen LogP contribution in [0.1, 0.15) is 35.7 Å². The molecule has 0 aromatic heterocycles. The monoisotopic (exact) mass is 332 g/mol. The van der Waals surface area contributed by atoms with Gasteiger partial charge in [-0.15, -0.1) is 0 Å². The van der Waals surface area contributed by atoms with Gasteiger partial charge in [0.2, 0.25) is 0 Å². The minimum absolute atomic E-state index is 0.123. The largest absolute Gasteiger partial charge is 0.508 e. The van der Waals surface area contributed by atoms with E-state index in [4.69, 9.17) is 4.74 Å². The Kier molecular flexibility index (Phi) is 5.76. The van der Waals surface area contributed by atoms with Crippen molar-refractivity contribution in [2.24, 2.45) is 0 Å². The molecule has 128 valence electrons. The topological polar surface area (TPSA) is 104 Å². The lowest BCUT2D eigenvalue weighted by molar-refractivity contribution is -0.114. The van der Waals surface area contributed by atoms with E-state index in [9.17, 15) is 24.9 Å². The number of allylic oxidation sites excluding steroid dienone is 1. The van der Waals surface area contributed by atoms with Gasteiger partial charge in [0.1, 0.15) is 23.2 Å². The summed E-state index contributed by atoms with van der Waals surface area (Å²) in [4.78, 5) is 24.3. The Bertz CT molecular complexity index is 689. The number of hydrogen-bond acceptors (Lipinski definition) is 6. The molecule has 0 saturated heterocycles. The molecule has 6 nitrogen and oxygen atoms in total. The van der Waals surface area contributed by atoms with E-state index >= 15 is 0 Å². The number of rotatable bonds is 0. The Balaban J connectivity index is 2.41. The summed E-state index contributed by atoms with van der Waals surface area (Å²) in [5.41, 5.74) is 0.0648. The number of phenolic OH excluding ortho intramolecular Hbond substituents is 2. The number of aliphatic hydroxyl groups excluding tert-OH is 1. The van der Waals surface area contributed by atoms with Crippen LogP contribution in [-0.4, -0.2) is 39.3 Å². The van der Waals surface area contributed by atoms with Crippen LogP contribution < -0.4 is 0 Å². The number of hydrogen-bond donors (Lipinski definition) is 3. The summed E-state index contributed by atoms with van der Waals surface area (Å²) < 4.78 is 5.27. The Hall–Kier alpha value is -2.60. The predicted octanol–water partition coefficient (Wildman–Crippen LogP) is 2.02. The van der Waals surface area contributed by atoms with Gasteiger partial charge in [-0.3, -0.25) is 4.79 Å². The summed E-state index contributed by atoms with van der Waals surface area (Å²) in [6.07, 6.45) is 5.44. The van der Waals surface area contributed by atoms with Gasteiger partial charge >= 0.3 is 5.97 Å². The van der Waals surface area contributed by atoms with E-state index in [-0.39, 0.29) is 35.5 Å². The molecule has 3 N–H and O–H groups in total. The predicted molar refractivity (Wildman–Crippen MR) is 86.9 cm³/mol. The molecule has 2 rings (SSSR count). The summed E-state index contributed by atoms with van der Waals surface area (Å²) in [6, 6.07) is 2.29. The van der Waals surface area contributed by atoms with E-state index in [1.165, 1.54) is 12.1 Å². The first-order valence-electron chi connectivity index (χ1n) is 7.66. The van der Waals surface area contributed by atoms with Gasteiger partial charge in [-0.05, 0) is 31.1 Å². The number of ether oxygens (including phenoxy) is 1. The van der Waals surface area contributed by atoms with Gasteiger partial charge < -0.3 is 20.1 Å². The van der Waals surface area contributed by atoms with Gasteiger partial charge in [0.15, 0.2) is 5.78 Å². The molecular weight excluding hydrogens is 312 g/mol. The van der Waals surface area contributed by atoms with Gasteiger partial charge in [-0.25, -0.2) is 4.79 Å². The molecular formula is C18H20O6. The average Bonchev–Trinajstić information content (AvgIpc) is 2.45. The summed E-state index contributed by atoms with van der Waals surface area (Å²) in [5, 5.41) is 29.3. The SMILES string of the molecule is C[C@@H]1C/C=C\[C@H](O)C/C=C\C(=O)Cc2cc(O)cc(O)c2C(=O)O1. The molecule has 0 bridgehead atoms. The number of carbonyl (C=O) groups excluding carboxylic acids is 2. The maximum atomic E-state index is 12.3. The van der Waals surface area contributed by atoms with Gasteiger partial charge in [-0.1, -0.05) is 18.2 Å². The fourth-order valence-corrected chi connectivity index (χ4v) is 2.43. The molecule has 0 radical (unpaired) electrons. The summed E-state index contributed by atoms with van der Waals surface area (Å²) in [6.45, 7) is 1.68. The van der Waals surface area contributed by atoms with Gasteiger partial charge in [0, 0.05) is 18.9 Å². The minimum atomic E-state index is -0.766. The molecule has 6 heteroatoms. The molecule has 0 fully saturated rings. The lowest BCUT2D eigenvalue weighted by Crippen LogP contribution is -2.17. The van der Waals surface area contributed by atoms with Crippen molar-refractivity contribution in [1.82, 2.24) is 0 Å². The van der Waals surface area contributed by atoms with Crippen molar-refractivity contribution in [3.63, 3.8) is 0 Å². The summed E-state index contributed by atoms with van der Waals surface area (Å²) >= 11 is 0. The fourth-order valence-electron chi connectivity index (χ4n) is 2.43. The van der Waals surface area contributed by atoms with Crippen LogP contribution >= 0.6 is 0 Å². The first kappa shape index (κ1) is 17.7. The van der Waals surface area contributed by atoms with E-state index in [0.29, 0.717) is 6.42 Å². The molecule has 1 aromatic carbocycles. The van der Waals surface area contributed by atoms with Gasteiger partial charge in [-0.2, -0.15) is 0 Å². The number of phenols is 2. The number of carbonyl (C=O) groups is 2. The number of esters is 1. The molecule has 1 heterocycles.